The van der Waals surface area contributed by atoms with Gasteiger partial charge in [-0.1, -0.05) is 48.5 Å². The largest absolute Gasteiger partial charge is 0.493 e. The second kappa shape index (κ2) is 14.1. The summed E-state index contributed by atoms with van der Waals surface area (Å²) in [6.07, 6.45) is 5.89. The Morgan fingerprint density at radius 3 is 1.32 bits per heavy atom. The molecule has 0 radical (unpaired) electrons. The van der Waals surface area contributed by atoms with Crippen molar-refractivity contribution in [3.8, 4) is 23.0 Å². The smallest absolute Gasteiger partial charge is 0.331 e. The summed E-state index contributed by atoms with van der Waals surface area (Å²) in [6.45, 7) is 0.202. The minimum absolute atomic E-state index is 0.101. The first-order chi connectivity index (χ1) is 18.5. The first-order valence-electron chi connectivity index (χ1n) is 11.7. The third-order valence-corrected chi connectivity index (χ3v) is 5.45. The van der Waals surface area contributed by atoms with Crippen LogP contribution in [0.1, 0.15) is 22.3 Å². The summed E-state index contributed by atoms with van der Waals surface area (Å²) in [5.41, 5.74) is 2.98. The maximum absolute atomic E-state index is 12.2. The van der Waals surface area contributed by atoms with Crippen molar-refractivity contribution in [2.45, 2.75) is 13.2 Å². The quantitative estimate of drug-likeness (QED) is 0.238. The molecule has 0 heterocycles. The second-order valence-corrected chi connectivity index (χ2v) is 7.86. The van der Waals surface area contributed by atoms with Crippen LogP contribution >= 0.6 is 0 Å². The predicted molar refractivity (Wildman–Crippen MR) is 143 cm³/mol. The summed E-state index contributed by atoms with van der Waals surface area (Å²) in [7, 11) is 6.17. The molecule has 0 atom stereocenters. The molecule has 3 rings (SSSR count). The van der Waals surface area contributed by atoms with E-state index in [2.05, 4.69) is 0 Å². The number of hydrogen-bond acceptors (Lipinski definition) is 8. The Kier molecular flexibility index (Phi) is 10.4. The van der Waals surface area contributed by atoms with Crippen molar-refractivity contribution in [2.24, 2.45) is 0 Å². The van der Waals surface area contributed by atoms with Gasteiger partial charge >= 0.3 is 11.9 Å². The molecule has 0 saturated heterocycles. The summed E-state index contributed by atoms with van der Waals surface area (Å²) < 4.78 is 31.9. The fourth-order valence-electron chi connectivity index (χ4n) is 3.54. The Bertz CT molecular complexity index is 1190. The molecule has 38 heavy (non-hydrogen) atoms. The zero-order valence-electron chi connectivity index (χ0n) is 21.8. The highest BCUT2D eigenvalue weighted by Gasteiger charge is 2.09. The van der Waals surface area contributed by atoms with Crippen molar-refractivity contribution in [3.63, 3.8) is 0 Å². The van der Waals surface area contributed by atoms with Gasteiger partial charge in [0.25, 0.3) is 0 Å². The lowest BCUT2D eigenvalue weighted by molar-refractivity contribution is -0.139. The van der Waals surface area contributed by atoms with Crippen LogP contribution < -0.4 is 18.9 Å². The van der Waals surface area contributed by atoms with Crippen LogP contribution in [-0.2, 0) is 32.3 Å². The minimum atomic E-state index is -0.493. The SMILES string of the molecule is COc1cccc(/C=C/C(=O)OCc2ccc(COC(=O)/C=C/c3cccc(OC)c3OC)cc2)c1OC. The summed E-state index contributed by atoms with van der Waals surface area (Å²) >= 11 is 0. The third kappa shape index (κ3) is 7.64. The molecule has 0 N–H and O–H groups in total. The molecule has 0 amide bonds. The Labute approximate surface area is 222 Å². The number of methoxy groups -OCH3 is 4. The molecule has 3 aromatic rings. The van der Waals surface area contributed by atoms with Crippen LogP contribution in [0.4, 0.5) is 0 Å². The van der Waals surface area contributed by atoms with Gasteiger partial charge in [0.2, 0.25) is 0 Å². The standard InChI is InChI=1S/C30H30O8/c1-33-25-9-5-7-23(29(25)35-3)15-17-27(31)37-19-21-11-13-22(14-12-21)20-38-28(32)18-16-24-8-6-10-26(34-2)30(24)36-4/h5-18H,19-20H2,1-4H3/b17-15+,18-16+. The van der Waals surface area contributed by atoms with Crippen molar-refractivity contribution in [1.29, 1.82) is 0 Å². The Hall–Kier alpha value is -4.72. The zero-order chi connectivity index (χ0) is 27.3. The molecular formula is C30H30O8. The van der Waals surface area contributed by atoms with Gasteiger partial charge in [-0.15, -0.1) is 0 Å². The van der Waals surface area contributed by atoms with Crippen LogP contribution in [0.25, 0.3) is 12.2 Å². The van der Waals surface area contributed by atoms with Crippen LogP contribution in [-0.4, -0.2) is 40.4 Å². The number of para-hydroxylation sites is 2. The molecule has 8 nitrogen and oxygen atoms in total. The van der Waals surface area contributed by atoms with Crippen LogP contribution in [0.3, 0.4) is 0 Å². The number of rotatable bonds is 12. The number of ether oxygens (including phenoxy) is 6. The van der Waals surface area contributed by atoms with E-state index in [0.29, 0.717) is 34.1 Å². The van der Waals surface area contributed by atoms with Gasteiger partial charge < -0.3 is 28.4 Å². The van der Waals surface area contributed by atoms with E-state index >= 15 is 0 Å². The van der Waals surface area contributed by atoms with Gasteiger partial charge in [-0.2, -0.15) is 0 Å². The van der Waals surface area contributed by atoms with E-state index in [1.807, 2.05) is 36.4 Å². The third-order valence-electron chi connectivity index (χ3n) is 5.45. The Morgan fingerprint density at radius 2 is 0.974 bits per heavy atom. The fourth-order valence-corrected chi connectivity index (χ4v) is 3.54. The first kappa shape index (κ1) is 27.9. The zero-order valence-corrected chi connectivity index (χ0v) is 21.8. The Morgan fingerprint density at radius 1 is 0.579 bits per heavy atom. The lowest BCUT2D eigenvalue weighted by atomic mass is 10.1. The van der Waals surface area contributed by atoms with Gasteiger partial charge in [0.15, 0.2) is 23.0 Å². The van der Waals surface area contributed by atoms with Crippen molar-refractivity contribution in [2.75, 3.05) is 28.4 Å². The molecule has 0 spiro atoms. The van der Waals surface area contributed by atoms with E-state index in [1.165, 1.54) is 26.4 Å². The maximum Gasteiger partial charge on any atom is 0.331 e. The summed E-state index contributed by atoms with van der Waals surface area (Å²) in [5.74, 6) is 1.22. The highest BCUT2D eigenvalue weighted by Crippen LogP contribution is 2.32. The van der Waals surface area contributed by atoms with E-state index in [9.17, 15) is 9.59 Å². The van der Waals surface area contributed by atoms with E-state index in [-0.39, 0.29) is 13.2 Å². The molecule has 0 aliphatic rings. The lowest BCUT2D eigenvalue weighted by Crippen LogP contribution is -2.02. The van der Waals surface area contributed by atoms with Gasteiger partial charge in [-0.3, -0.25) is 0 Å². The van der Waals surface area contributed by atoms with Crippen LogP contribution in [0.5, 0.6) is 23.0 Å². The summed E-state index contributed by atoms with van der Waals surface area (Å²) in [6, 6.07) is 18.0. The minimum Gasteiger partial charge on any atom is -0.493 e. The number of benzene rings is 3. The molecule has 0 aliphatic heterocycles. The molecule has 0 aromatic heterocycles. The molecule has 0 fully saturated rings. The molecule has 0 bridgehead atoms. The van der Waals surface area contributed by atoms with E-state index < -0.39 is 11.9 Å². The van der Waals surface area contributed by atoms with Crippen molar-refractivity contribution in [3.05, 3.63) is 95.1 Å². The van der Waals surface area contributed by atoms with Gasteiger partial charge in [0, 0.05) is 23.3 Å². The molecule has 0 unspecified atom stereocenters. The predicted octanol–water partition coefficient (Wildman–Crippen LogP) is 5.23. The topological polar surface area (TPSA) is 89.5 Å². The molecule has 198 valence electrons. The Balaban J connectivity index is 1.48. The van der Waals surface area contributed by atoms with E-state index in [4.69, 9.17) is 28.4 Å². The van der Waals surface area contributed by atoms with Crippen LogP contribution in [0, 0.1) is 0 Å². The first-order valence-corrected chi connectivity index (χ1v) is 11.7. The summed E-state index contributed by atoms with van der Waals surface area (Å²) in [4.78, 5) is 24.3. The number of carbonyl (C=O) groups excluding carboxylic acids is 2. The number of esters is 2. The molecular weight excluding hydrogens is 488 g/mol. The van der Waals surface area contributed by atoms with E-state index in [0.717, 1.165) is 11.1 Å². The van der Waals surface area contributed by atoms with Gasteiger partial charge in [0.1, 0.15) is 13.2 Å². The van der Waals surface area contributed by atoms with E-state index in [1.54, 1.807) is 50.6 Å². The van der Waals surface area contributed by atoms with Gasteiger partial charge in [-0.25, -0.2) is 9.59 Å². The normalized spacial score (nSPS) is 10.8. The van der Waals surface area contributed by atoms with Crippen LogP contribution in [0.2, 0.25) is 0 Å². The molecule has 8 heteroatoms. The fraction of sp³-hybridized carbons (Fsp3) is 0.200. The number of hydrogen-bond donors (Lipinski definition) is 0. The van der Waals surface area contributed by atoms with Crippen molar-refractivity contribution >= 4 is 24.1 Å². The lowest BCUT2D eigenvalue weighted by Gasteiger charge is -2.10. The molecule has 0 saturated carbocycles. The van der Waals surface area contributed by atoms with Gasteiger partial charge in [0.05, 0.1) is 28.4 Å². The maximum atomic E-state index is 12.2. The monoisotopic (exact) mass is 518 g/mol. The van der Waals surface area contributed by atoms with Crippen molar-refractivity contribution < 1.29 is 38.0 Å². The average molecular weight is 519 g/mol. The van der Waals surface area contributed by atoms with Crippen molar-refractivity contribution in [1.82, 2.24) is 0 Å². The summed E-state index contributed by atoms with van der Waals surface area (Å²) in [5, 5.41) is 0. The number of carbonyl (C=O) groups is 2. The average Bonchev–Trinajstić information content (AvgIpc) is 2.96. The highest BCUT2D eigenvalue weighted by molar-refractivity contribution is 5.88. The van der Waals surface area contributed by atoms with Gasteiger partial charge in [-0.05, 0) is 35.4 Å². The second-order valence-electron chi connectivity index (χ2n) is 7.86. The molecule has 0 aliphatic carbocycles. The molecule has 3 aromatic carbocycles. The van der Waals surface area contributed by atoms with Crippen LogP contribution in [0.15, 0.2) is 72.8 Å². The highest BCUT2D eigenvalue weighted by atomic mass is 16.5.